The fraction of sp³-hybridized carbons (Fsp3) is 0.227. The summed E-state index contributed by atoms with van der Waals surface area (Å²) >= 11 is 0. The molecule has 29 heavy (non-hydrogen) atoms. The Morgan fingerprint density at radius 2 is 1.97 bits per heavy atom. The van der Waals surface area contributed by atoms with E-state index in [4.69, 9.17) is 9.47 Å². The highest BCUT2D eigenvalue weighted by Crippen LogP contribution is 2.30. The maximum Gasteiger partial charge on any atom is 0.329 e. The molecule has 2 aromatic rings. The first-order valence-electron chi connectivity index (χ1n) is 9.20. The van der Waals surface area contributed by atoms with Gasteiger partial charge in [0, 0.05) is 12.1 Å². The molecule has 0 atom stereocenters. The Balaban J connectivity index is 1.78. The first kappa shape index (κ1) is 20.0. The van der Waals surface area contributed by atoms with Crippen molar-refractivity contribution in [3.05, 3.63) is 64.9 Å². The van der Waals surface area contributed by atoms with Crippen molar-refractivity contribution < 1.29 is 19.1 Å². The summed E-state index contributed by atoms with van der Waals surface area (Å²) in [6.07, 6.45) is 2.30. The van der Waals surface area contributed by atoms with Gasteiger partial charge in [-0.05, 0) is 36.3 Å². The molecule has 0 unspecified atom stereocenters. The highest BCUT2D eigenvalue weighted by Gasteiger charge is 2.32. The van der Waals surface area contributed by atoms with E-state index in [0.717, 1.165) is 5.56 Å². The van der Waals surface area contributed by atoms with Crippen molar-refractivity contribution in [2.24, 2.45) is 0 Å². The third kappa shape index (κ3) is 4.38. The van der Waals surface area contributed by atoms with Crippen LogP contribution < -0.4 is 14.8 Å². The lowest BCUT2D eigenvalue weighted by molar-refractivity contribution is -0.122. The second-order valence-electron chi connectivity index (χ2n) is 6.41. The van der Waals surface area contributed by atoms with Crippen molar-refractivity contribution in [1.29, 1.82) is 5.26 Å². The quantitative estimate of drug-likeness (QED) is 0.577. The minimum Gasteiger partial charge on any atom is -0.493 e. The van der Waals surface area contributed by atoms with Crippen LogP contribution >= 0.6 is 0 Å². The average Bonchev–Trinajstić information content (AvgIpc) is 3.00. The molecule has 0 saturated carbocycles. The molecule has 7 nitrogen and oxygen atoms in total. The molecular weight excluding hydrogens is 370 g/mol. The highest BCUT2D eigenvalue weighted by molar-refractivity contribution is 6.13. The smallest absolute Gasteiger partial charge is 0.329 e. The SMILES string of the molecule is CCCN1C(=O)N/C(=C/c2ccc(OCc3ccccc3C#N)c(OC)c2)C1=O. The number of carbonyl (C=O) groups excluding carboxylic acids is 2. The van der Waals surface area contributed by atoms with E-state index in [1.54, 1.807) is 36.4 Å². The van der Waals surface area contributed by atoms with Crippen molar-refractivity contribution in [1.82, 2.24) is 10.2 Å². The maximum atomic E-state index is 12.3. The summed E-state index contributed by atoms with van der Waals surface area (Å²) in [4.78, 5) is 25.4. The van der Waals surface area contributed by atoms with Gasteiger partial charge in [0.2, 0.25) is 0 Å². The summed E-state index contributed by atoms with van der Waals surface area (Å²) in [6.45, 7) is 2.50. The van der Waals surface area contributed by atoms with Crippen LogP contribution in [0.1, 0.15) is 30.0 Å². The molecule has 1 aliphatic rings. The number of nitrogens with zero attached hydrogens (tertiary/aromatic N) is 2. The number of benzene rings is 2. The number of carbonyl (C=O) groups is 2. The number of hydrogen-bond donors (Lipinski definition) is 1. The van der Waals surface area contributed by atoms with E-state index in [9.17, 15) is 14.9 Å². The van der Waals surface area contributed by atoms with Gasteiger partial charge in [0.15, 0.2) is 11.5 Å². The van der Waals surface area contributed by atoms with Crippen molar-refractivity contribution in [2.45, 2.75) is 20.0 Å². The van der Waals surface area contributed by atoms with Crippen molar-refractivity contribution in [2.75, 3.05) is 13.7 Å². The first-order chi connectivity index (χ1) is 14.1. The van der Waals surface area contributed by atoms with E-state index in [-0.39, 0.29) is 18.2 Å². The van der Waals surface area contributed by atoms with Crippen LogP contribution in [-0.4, -0.2) is 30.5 Å². The van der Waals surface area contributed by atoms with Crippen LogP contribution in [0.5, 0.6) is 11.5 Å². The molecule has 3 rings (SSSR count). The Morgan fingerprint density at radius 1 is 1.17 bits per heavy atom. The summed E-state index contributed by atoms with van der Waals surface area (Å²) in [5.74, 6) is 0.650. The number of nitriles is 1. The second kappa shape index (κ2) is 8.93. The summed E-state index contributed by atoms with van der Waals surface area (Å²) in [7, 11) is 1.52. The third-order valence-electron chi connectivity index (χ3n) is 4.43. The van der Waals surface area contributed by atoms with Gasteiger partial charge < -0.3 is 14.8 Å². The van der Waals surface area contributed by atoms with E-state index in [1.807, 2.05) is 19.1 Å². The number of imide groups is 1. The predicted molar refractivity (Wildman–Crippen MR) is 107 cm³/mol. The molecule has 148 valence electrons. The number of nitrogens with one attached hydrogen (secondary N) is 1. The molecule has 1 N–H and O–H groups in total. The van der Waals surface area contributed by atoms with Gasteiger partial charge in [0.05, 0.1) is 18.7 Å². The van der Waals surface area contributed by atoms with Crippen LogP contribution in [0.2, 0.25) is 0 Å². The molecule has 0 bridgehead atoms. The summed E-state index contributed by atoms with van der Waals surface area (Å²) in [6, 6.07) is 14.2. The van der Waals surface area contributed by atoms with Gasteiger partial charge in [0.1, 0.15) is 12.3 Å². The van der Waals surface area contributed by atoms with E-state index in [1.165, 1.54) is 12.0 Å². The van der Waals surface area contributed by atoms with Crippen molar-refractivity contribution in [3.8, 4) is 17.6 Å². The number of urea groups is 1. The molecule has 1 heterocycles. The third-order valence-corrected chi connectivity index (χ3v) is 4.43. The van der Waals surface area contributed by atoms with Gasteiger partial charge in [-0.3, -0.25) is 9.69 Å². The highest BCUT2D eigenvalue weighted by atomic mass is 16.5. The Bertz CT molecular complexity index is 1010. The zero-order chi connectivity index (χ0) is 20.8. The summed E-state index contributed by atoms with van der Waals surface area (Å²) < 4.78 is 11.2. The molecule has 2 aromatic carbocycles. The lowest BCUT2D eigenvalue weighted by Crippen LogP contribution is -2.31. The number of ether oxygens (including phenoxy) is 2. The van der Waals surface area contributed by atoms with Crippen LogP contribution in [0.25, 0.3) is 6.08 Å². The molecule has 3 amide bonds. The number of amides is 3. The van der Waals surface area contributed by atoms with Gasteiger partial charge in [0.25, 0.3) is 5.91 Å². The molecular formula is C22H21N3O4. The molecule has 7 heteroatoms. The fourth-order valence-corrected chi connectivity index (χ4v) is 2.97. The monoisotopic (exact) mass is 391 g/mol. The normalized spacial score (nSPS) is 14.7. The Morgan fingerprint density at radius 3 is 2.69 bits per heavy atom. The molecule has 1 saturated heterocycles. The van der Waals surface area contributed by atoms with Crippen LogP contribution in [0, 0.1) is 11.3 Å². The van der Waals surface area contributed by atoms with Crippen LogP contribution in [0.15, 0.2) is 48.2 Å². The zero-order valence-electron chi connectivity index (χ0n) is 16.3. The van der Waals surface area contributed by atoms with E-state index >= 15 is 0 Å². The van der Waals surface area contributed by atoms with Gasteiger partial charge in [-0.15, -0.1) is 0 Å². The van der Waals surface area contributed by atoms with Crippen LogP contribution in [0.4, 0.5) is 4.79 Å². The second-order valence-corrected chi connectivity index (χ2v) is 6.41. The minimum absolute atomic E-state index is 0.223. The largest absolute Gasteiger partial charge is 0.493 e. The van der Waals surface area contributed by atoms with Gasteiger partial charge in [-0.2, -0.15) is 5.26 Å². The van der Waals surface area contributed by atoms with Crippen molar-refractivity contribution >= 4 is 18.0 Å². The number of rotatable bonds is 7. The van der Waals surface area contributed by atoms with E-state index < -0.39 is 6.03 Å². The minimum atomic E-state index is -0.411. The van der Waals surface area contributed by atoms with Crippen molar-refractivity contribution in [3.63, 3.8) is 0 Å². The van der Waals surface area contributed by atoms with Gasteiger partial charge in [-0.25, -0.2) is 4.79 Å². The van der Waals surface area contributed by atoms with Crippen LogP contribution in [0.3, 0.4) is 0 Å². The van der Waals surface area contributed by atoms with Crippen LogP contribution in [-0.2, 0) is 11.4 Å². The summed E-state index contributed by atoms with van der Waals surface area (Å²) in [5, 5.41) is 11.8. The van der Waals surface area contributed by atoms with E-state index in [2.05, 4.69) is 11.4 Å². The Kier molecular flexibility index (Phi) is 6.15. The maximum absolute atomic E-state index is 12.3. The Hall–Kier alpha value is -3.79. The van der Waals surface area contributed by atoms with Gasteiger partial charge in [-0.1, -0.05) is 31.2 Å². The fourth-order valence-electron chi connectivity index (χ4n) is 2.97. The Labute approximate surface area is 169 Å². The number of hydrogen-bond acceptors (Lipinski definition) is 5. The van der Waals surface area contributed by atoms with E-state index in [0.29, 0.717) is 35.6 Å². The first-order valence-corrected chi connectivity index (χ1v) is 9.20. The lowest BCUT2D eigenvalue weighted by Gasteiger charge is -2.12. The standard InChI is InChI=1S/C22H21N3O4/c1-3-10-25-21(26)18(24-22(25)27)11-15-8-9-19(20(12-15)28-2)29-14-17-7-5-4-6-16(17)13-23/h4-9,11-12H,3,10,14H2,1-2H3,(H,24,27)/b18-11+. The molecule has 0 aromatic heterocycles. The molecule has 0 spiro atoms. The number of methoxy groups -OCH3 is 1. The molecule has 1 aliphatic heterocycles. The predicted octanol–water partition coefficient (Wildman–Crippen LogP) is 3.45. The van der Waals surface area contributed by atoms with Gasteiger partial charge >= 0.3 is 6.03 Å². The topological polar surface area (TPSA) is 91.7 Å². The average molecular weight is 391 g/mol. The molecule has 0 aliphatic carbocycles. The molecule has 1 fully saturated rings. The molecule has 0 radical (unpaired) electrons. The zero-order valence-corrected chi connectivity index (χ0v) is 16.3. The summed E-state index contributed by atoms with van der Waals surface area (Å²) in [5.41, 5.74) is 2.24. The lowest BCUT2D eigenvalue weighted by atomic mass is 10.1.